The number of hydrogen-bond donors (Lipinski definition) is 2. The first-order valence-electron chi connectivity index (χ1n) is 4.49. The number of anilines is 1. The van der Waals surface area contributed by atoms with E-state index in [1.807, 2.05) is 6.07 Å². The van der Waals surface area contributed by atoms with Crippen LogP contribution in [0.15, 0.2) is 12.1 Å². The number of amides is 1. The predicted octanol–water partition coefficient (Wildman–Crippen LogP) is 1.93. The molecule has 0 saturated heterocycles. The van der Waals surface area contributed by atoms with Gasteiger partial charge < -0.3 is 10.4 Å². The third-order valence-corrected chi connectivity index (χ3v) is 2.70. The molecule has 1 heterocycles. The van der Waals surface area contributed by atoms with E-state index in [1.165, 1.54) is 0 Å². The Balaban J connectivity index is 2.35. The van der Waals surface area contributed by atoms with Gasteiger partial charge in [-0.2, -0.15) is 0 Å². The van der Waals surface area contributed by atoms with Crippen molar-refractivity contribution in [1.82, 2.24) is 0 Å². The van der Waals surface area contributed by atoms with Crippen molar-refractivity contribution in [2.45, 2.75) is 18.4 Å². The van der Waals surface area contributed by atoms with Gasteiger partial charge in [0.05, 0.1) is 17.1 Å². The molecule has 2 rings (SSSR count). The van der Waals surface area contributed by atoms with Gasteiger partial charge in [0.2, 0.25) is 5.91 Å². The van der Waals surface area contributed by atoms with Crippen molar-refractivity contribution in [3.8, 4) is 0 Å². The first-order chi connectivity index (χ1) is 7.06. The lowest BCUT2D eigenvalue weighted by atomic mass is 10.1. The molecule has 1 aliphatic rings. The Morgan fingerprint density at radius 3 is 2.93 bits per heavy atom. The molecule has 5 heteroatoms. The summed E-state index contributed by atoms with van der Waals surface area (Å²) in [6, 6.07) is 3.54. The van der Waals surface area contributed by atoms with E-state index in [4.69, 9.17) is 28.3 Å². The Bertz CT molecular complexity index is 418. The van der Waals surface area contributed by atoms with Crippen LogP contribution in [0.2, 0.25) is 5.02 Å². The number of nitrogens with one attached hydrogen (secondary N) is 1. The number of carbonyl (C=O) groups is 1. The number of fused-ring (bicyclic) bond motifs is 1. The Labute approximate surface area is 97.0 Å². The molecule has 1 unspecified atom stereocenters. The van der Waals surface area contributed by atoms with Gasteiger partial charge in [0.25, 0.3) is 0 Å². The van der Waals surface area contributed by atoms with Crippen LogP contribution in [-0.2, 0) is 17.6 Å². The standard InChI is InChI=1S/C10H9Cl2NO2/c11-7-2-5(3-8(12)14)1-6-4-9(15)13-10(6)7/h1-2,8,14H,3-4H2,(H,13,15). The van der Waals surface area contributed by atoms with Crippen LogP contribution in [0.25, 0.3) is 0 Å². The molecule has 0 aromatic heterocycles. The summed E-state index contributed by atoms with van der Waals surface area (Å²) in [5, 5.41) is 12.2. The van der Waals surface area contributed by atoms with Crippen LogP contribution < -0.4 is 5.32 Å². The number of aliphatic hydroxyl groups is 1. The van der Waals surface area contributed by atoms with E-state index in [-0.39, 0.29) is 5.91 Å². The average molecular weight is 246 g/mol. The van der Waals surface area contributed by atoms with E-state index >= 15 is 0 Å². The summed E-state index contributed by atoms with van der Waals surface area (Å²) in [5.41, 5.74) is 1.44. The van der Waals surface area contributed by atoms with Crippen LogP contribution in [0.3, 0.4) is 0 Å². The van der Waals surface area contributed by atoms with Crippen LogP contribution in [0.5, 0.6) is 0 Å². The largest absolute Gasteiger partial charge is 0.377 e. The van der Waals surface area contributed by atoms with E-state index in [9.17, 15) is 4.79 Å². The molecule has 1 amide bonds. The van der Waals surface area contributed by atoms with E-state index in [0.717, 1.165) is 11.1 Å². The van der Waals surface area contributed by atoms with Gasteiger partial charge in [0.15, 0.2) is 0 Å². The van der Waals surface area contributed by atoms with Crippen LogP contribution in [0, 0.1) is 0 Å². The Morgan fingerprint density at radius 2 is 2.27 bits per heavy atom. The molecule has 1 aromatic rings. The minimum Gasteiger partial charge on any atom is -0.377 e. The molecule has 0 aliphatic carbocycles. The summed E-state index contributed by atoms with van der Waals surface area (Å²) in [5.74, 6) is -0.0597. The molecular formula is C10H9Cl2NO2. The van der Waals surface area contributed by atoms with Gasteiger partial charge in [-0.05, 0) is 17.2 Å². The second-order valence-corrected chi connectivity index (χ2v) is 4.39. The Hall–Kier alpha value is -0.770. The minimum atomic E-state index is -0.927. The van der Waals surface area contributed by atoms with Gasteiger partial charge in [0, 0.05) is 6.42 Å². The zero-order valence-corrected chi connectivity index (χ0v) is 9.27. The van der Waals surface area contributed by atoms with Crippen molar-refractivity contribution in [1.29, 1.82) is 0 Å². The van der Waals surface area contributed by atoms with E-state index in [0.29, 0.717) is 23.6 Å². The topological polar surface area (TPSA) is 49.3 Å². The van der Waals surface area contributed by atoms with Crippen molar-refractivity contribution in [3.05, 3.63) is 28.3 Å². The molecule has 0 saturated carbocycles. The van der Waals surface area contributed by atoms with E-state index < -0.39 is 5.56 Å². The number of alkyl halides is 1. The van der Waals surface area contributed by atoms with Crippen LogP contribution in [-0.4, -0.2) is 16.6 Å². The van der Waals surface area contributed by atoms with E-state index in [1.54, 1.807) is 6.07 Å². The zero-order valence-electron chi connectivity index (χ0n) is 7.76. The fourth-order valence-corrected chi connectivity index (χ4v) is 2.16. The highest BCUT2D eigenvalue weighted by Gasteiger charge is 2.21. The van der Waals surface area contributed by atoms with Crippen molar-refractivity contribution < 1.29 is 9.90 Å². The highest BCUT2D eigenvalue weighted by Crippen LogP contribution is 2.32. The lowest BCUT2D eigenvalue weighted by molar-refractivity contribution is -0.115. The fourth-order valence-electron chi connectivity index (χ4n) is 1.67. The normalized spacial score (nSPS) is 16.1. The van der Waals surface area contributed by atoms with Gasteiger partial charge in [-0.15, -0.1) is 0 Å². The Morgan fingerprint density at radius 1 is 1.53 bits per heavy atom. The first-order valence-corrected chi connectivity index (χ1v) is 5.31. The van der Waals surface area contributed by atoms with Crippen molar-refractivity contribution >= 4 is 34.8 Å². The molecular weight excluding hydrogens is 237 g/mol. The van der Waals surface area contributed by atoms with Crippen LogP contribution in [0.4, 0.5) is 5.69 Å². The molecule has 1 atom stereocenters. The molecule has 0 fully saturated rings. The van der Waals surface area contributed by atoms with Gasteiger partial charge >= 0.3 is 0 Å². The van der Waals surface area contributed by atoms with Crippen molar-refractivity contribution in [3.63, 3.8) is 0 Å². The van der Waals surface area contributed by atoms with Crippen LogP contribution >= 0.6 is 23.2 Å². The molecule has 2 N–H and O–H groups in total. The molecule has 0 radical (unpaired) electrons. The van der Waals surface area contributed by atoms with Gasteiger partial charge in [-0.25, -0.2) is 0 Å². The van der Waals surface area contributed by atoms with Gasteiger partial charge in [0.1, 0.15) is 5.56 Å². The average Bonchev–Trinajstić information content (AvgIpc) is 2.44. The highest BCUT2D eigenvalue weighted by atomic mass is 35.5. The summed E-state index contributed by atoms with van der Waals surface area (Å²) >= 11 is 11.5. The first kappa shape index (κ1) is 10.7. The maximum Gasteiger partial charge on any atom is 0.228 e. The molecule has 15 heavy (non-hydrogen) atoms. The summed E-state index contributed by atoms with van der Waals surface area (Å²) in [6.07, 6.45) is 0.657. The molecule has 3 nitrogen and oxygen atoms in total. The van der Waals surface area contributed by atoms with Crippen molar-refractivity contribution in [2.24, 2.45) is 0 Å². The fraction of sp³-hybridized carbons (Fsp3) is 0.300. The maximum absolute atomic E-state index is 11.1. The van der Waals surface area contributed by atoms with Crippen molar-refractivity contribution in [2.75, 3.05) is 5.32 Å². The maximum atomic E-state index is 11.1. The predicted molar refractivity (Wildman–Crippen MR) is 59.3 cm³/mol. The lowest BCUT2D eigenvalue weighted by Gasteiger charge is -2.07. The third-order valence-electron chi connectivity index (χ3n) is 2.25. The molecule has 80 valence electrons. The van der Waals surface area contributed by atoms with Gasteiger partial charge in [-0.1, -0.05) is 29.3 Å². The number of carbonyl (C=O) groups excluding carboxylic acids is 1. The molecule has 1 aliphatic heterocycles. The lowest BCUT2D eigenvalue weighted by Crippen LogP contribution is -2.03. The summed E-state index contributed by atoms with van der Waals surface area (Å²) in [6.45, 7) is 0. The third kappa shape index (κ3) is 2.25. The number of halogens is 2. The van der Waals surface area contributed by atoms with E-state index in [2.05, 4.69) is 5.32 Å². The summed E-state index contributed by atoms with van der Waals surface area (Å²) in [4.78, 5) is 11.1. The molecule has 0 spiro atoms. The number of rotatable bonds is 2. The van der Waals surface area contributed by atoms with Gasteiger partial charge in [-0.3, -0.25) is 4.79 Å². The number of hydrogen-bond acceptors (Lipinski definition) is 2. The number of benzene rings is 1. The number of aliphatic hydroxyl groups excluding tert-OH is 1. The minimum absolute atomic E-state index is 0.0597. The zero-order chi connectivity index (χ0) is 11.0. The second kappa shape index (κ2) is 4.00. The molecule has 1 aromatic carbocycles. The smallest absolute Gasteiger partial charge is 0.228 e. The highest BCUT2D eigenvalue weighted by molar-refractivity contribution is 6.34. The summed E-state index contributed by atoms with van der Waals surface area (Å²) < 4.78 is 0. The Kier molecular flexibility index (Phi) is 2.87. The quantitative estimate of drug-likeness (QED) is 0.783. The monoisotopic (exact) mass is 245 g/mol. The summed E-state index contributed by atoms with van der Waals surface area (Å²) in [7, 11) is 0. The molecule has 0 bridgehead atoms. The second-order valence-electron chi connectivity index (χ2n) is 3.48. The van der Waals surface area contributed by atoms with Crippen LogP contribution in [0.1, 0.15) is 11.1 Å². The SMILES string of the molecule is O=C1Cc2cc(CC(O)Cl)cc(Cl)c2N1.